The van der Waals surface area contributed by atoms with Gasteiger partial charge in [-0.2, -0.15) is 8.78 Å². The Balaban J connectivity index is 1.87. The molecule has 174 valence electrons. The summed E-state index contributed by atoms with van der Waals surface area (Å²) in [4.78, 5) is 25.0. The van der Waals surface area contributed by atoms with Crippen LogP contribution in [0.2, 0.25) is 0 Å². The third kappa shape index (κ3) is 5.46. The van der Waals surface area contributed by atoms with Crippen LogP contribution in [0.4, 0.5) is 33.3 Å². The molecule has 0 bridgehead atoms. The zero-order chi connectivity index (χ0) is 25.0. The zero-order valence-electron chi connectivity index (χ0n) is 16.7. The Kier molecular flexibility index (Phi) is 7.74. The highest BCUT2D eigenvalue weighted by Gasteiger charge is 2.31. The molecule has 0 atom stereocenters. The first-order valence-electron chi connectivity index (χ1n) is 9.21. The molecule has 0 fully saturated rings. The van der Waals surface area contributed by atoms with Crippen LogP contribution in [0.3, 0.4) is 0 Å². The molecule has 0 saturated carbocycles. The van der Waals surface area contributed by atoms with E-state index in [9.17, 15) is 31.5 Å². The normalized spacial score (nSPS) is 10.8. The lowest BCUT2D eigenvalue weighted by molar-refractivity contribution is 0.0633. The highest BCUT2D eigenvalue weighted by Crippen LogP contribution is 2.38. The van der Waals surface area contributed by atoms with Crippen molar-refractivity contribution in [1.29, 1.82) is 0 Å². The Labute approximate surface area is 206 Å². The molecule has 0 unspecified atom stereocenters. The van der Waals surface area contributed by atoms with E-state index in [1.165, 1.54) is 30.3 Å². The smallest absolute Gasteiger partial charge is 0.320 e. The van der Waals surface area contributed by atoms with Crippen molar-refractivity contribution in [2.45, 2.75) is 5.92 Å². The molecule has 0 heterocycles. The number of rotatable bonds is 5. The molecule has 0 aliphatic rings. The Hall–Kier alpha value is -3.23. The number of hydrogen-bond donors (Lipinski definition) is 2. The summed E-state index contributed by atoms with van der Waals surface area (Å²) in [6, 6.07) is 10.5. The van der Waals surface area contributed by atoms with Gasteiger partial charge in [0.05, 0.1) is 22.5 Å². The number of carbonyl (C=O) groups excluding carboxylic acids is 2. The molecule has 0 spiro atoms. The van der Waals surface area contributed by atoms with Gasteiger partial charge in [0.2, 0.25) is 0 Å². The van der Waals surface area contributed by atoms with E-state index in [0.717, 1.165) is 30.2 Å². The summed E-state index contributed by atoms with van der Waals surface area (Å²) in [6.45, 7) is 0. The molecule has 4 nitrogen and oxygen atoms in total. The summed E-state index contributed by atoms with van der Waals surface area (Å²) >= 11 is 6.07. The topological polar surface area (TPSA) is 58.2 Å². The number of halogens is 7. The number of hydrogen-bond acceptors (Lipinski definition) is 2. The number of carbonyl (C=O) groups is 2. The van der Waals surface area contributed by atoms with Gasteiger partial charge in [-0.05, 0) is 68.3 Å². The first-order valence-corrected chi connectivity index (χ1v) is 10.8. The van der Waals surface area contributed by atoms with Crippen molar-refractivity contribution >= 4 is 55.0 Å². The molecule has 0 aliphatic carbocycles. The molecule has 2 amide bonds. The average Bonchev–Trinajstić information content (AvgIpc) is 2.77. The van der Waals surface area contributed by atoms with Gasteiger partial charge in [0, 0.05) is 20.4 Å². The molecule has 0 saturated heterocycles. The van der Waals surface area contributed by atoms with Gasteiger partial charge in [0.15, 0.2) is 5.82 Å². The standard InChI is InChI=1S/C23H11Br2F5N2O2/c24-15-10-12(23(29,30)8-9-26)11-16(25)20(15)32-22(34)14-5-3-7-18(19(14)28)31-21(33)13-4-1-2-6-17(13)27/h1-7,10-11H,(H,31,33)(H,32,34). The van der Waals surface area contributed by atoms with Crippen LogP contribution in [0.1, 0.15) is 26.3 Å². The van der Waals surface area contributed by atoms with Crippen molar-refractivity contribution in [2.75, 3.05) is 10.6 Å². The van der Waals surface area contributed by atoms with Gasteiger partial charge < -0.3 is 10.6 Å². The van der Waals surface area contributed by atoms with Crippen LogP contribution in [-0.2, 0) is 5.92 Å². The molecular formula is C23H11Br2F5N2O2. The highest BCUT2D eigenvalue weighted by molar-refractivity contribution is 9.11. The van der Waals surface area contributed by atoms with Crippen LogP contribution in [0.15, 0.2) is 63.5 Å². The lowest BCUT2D eigenvalue weighted by Gasteiger charge is -2.15. The summed E-state index contributed by atoms with van der Waals surface area (Å²) in [5, 5.41) is 4.57. The van der Waals surface area contributed by atoms with Crippen LogP contribution in [-0.4, -0.2) is 11.8 Å². The fraction of sp³-hybridized carbons (Fsp3) is 0.0435. The van der Waals surface area contributed by atoms with Crippen LogP contribution in [0, 0.1) is 23.7 Å². The van der Waals surface area contributed by atoms with Crippen molar-refractivity contribution in [3.05, 3.63) is 91.9 Å². The van der Waals surface area contributed by atoms with Crippen molar-refractivity contribution in [1.82, 2.24) is 0 Å². The Morgan fingerprint density at radius 2 is 1.44 bits per heavy atom. The van der Waals surface area contributed by atoms with Crippen LogP contribution in [0.25, 0.3) is 0 Å². The predicted octanol–water partition coefficient (Wildman–Crippen LogP) is 7.02. The van der Waals surface area contributed by atoms with E-state index in [-0.39, 0.29) is 25.9 Å². The second-order valence-electron chi connectivity index (χ2n) is 6.66. The summed E-state index contributed by atoms with van der Waals surface area (Å²) in [7, 11) is 0. The summed E-state index contributed by atoms with van der Waals surface area (Å²) in [5.41, 5.74) is -1.85. The van der Waals surface area contributed by atoms with E-state index >= 15 is 0 Å². The lowest BCUT2D eigenvalue weighted by Crippen LogP contribution is -2.19. The van der Waals surface area contributed by atoms with Gasteiger partial charge in [-0.1, -0.05) is 18.2 Å². The molecule has 0 radical (unpaired) electrons. The predicted molar refractivity (Wildman–Crippen MR) is 123 cm³/mol. The first kappa shape index (κ1) is 25.4. The van der Waals surface area contributed by atoms with Gasteiger partial charge in [-0.3, -0.25) is 9.59 Å². The van der Waals surface area contributed by atoms with Gasteiger partial charge in [0.25, 0.3) is 11.8 Å². The van der Waals surface area contributed by atoms with Crippen molar-refractivity contribution in [2.24, 2.45) is 0 Å². The third-order valence-electron chi connectivity index (χ3n) is 4.46. The van der Waals surface area contributed by atoms with Crippen LogP contribution in [0.5, 0.6) is 0 Å². The highest BCUT2D eigenvalue weighted by atomic mass is 79.9. The molecule has 34 heavy (non-hydrogen) atoms. The minimum Gasteiger partial charge on any atom is -0.320 e. The molecule has 2 N–H and O–H groups in total. The van der Waals surface area contributed by atoms with Crippen molar-refractivity contribution in [3.8, 4) is 12.1 Å². The van der Waals surface area contributed by atoms with E-state index in [1.807, 2.05) is 0 Å². The fourth-order valence-corrected chi connectivity index (χ4v) is 4.21. The quantitative estimate of drug-likeness (QED) is 0.244. The van der Waals surface area contributed by atoms with Gasteiger partial charge in [-0.25, -0.2) is 8.78 Å². The molecule has 0 aromatic heterocycles. The van der Waals surface area contributed by atoms with Gasteiger partial charge in [0.1, 0.15) is 12.0 Å². The van der Waals surface area contributed by atoms with Gasteiger partial charge >= 0.3 is 5.92 Å². The fourth-order valence-electron chi connectivity index (χ4n) is 2.83. The monoisotopic (exact) mass is 600 g/mol. The lowest BCUT2D eigenvalue weighted by atomic mass is 10.1. The number of amides is 2. The van der Waals surface area contributed by atoms with E-state index in [4.69, 9.17) is 0 Å². The van der Waals surface area contributed by atoms with Crippen molar-refractivity contribution in [3.63, 3.8) is 0 Å². The average molecular weight is 602 g/mol. The van der Waals surface area contributed by atoms with E-state index in [2.05, 4.69) is 42.5 Å². The molecule has 3 rings (SSSR count). The minimum absolute atomic E-state index is 0.0158. The molecule has 11 heteroatoms. The summed E-state index contributed by atoms with van der Waals surface area (Å²) in [5.74, 6) is -6.46. The SMILES string of the molecule is O=C(Nc1cccc(C(=O)Nc2c(Br)cc(C(F)(F)C#CF)cc2Br)c1F)c1ccccc1F. The zero-order valence-corrected chi connectivity index (χ0v) is 19.8. The van der Waals surface area contributed by atoms with E-state index < -0.39 is 40.5 Å². The second kappa shape index (κ2) is 10.4. The molecule has 3 aromatic carbocycles. The molecule has 3 aromatic rings. The number of benzene rings is 3. The molecule has 0 aliphatic heterocycles. The maximum atomic E-state index is 15.0. The maximum absolute atomic E-state index is 15.0. The second-order valence-corrected chi connectivity index (χ2v) is 8.37. The number of nitrogens with one attached hydrogen (secondary N) is 2. The van der Waals surface area contributed by atoms with E-state index in [1.54, 1.807) is 0 Å². The third-order valence-corrected chi connectivity index (χ3v) is 5.71. The van der Waals surface area contributed by atoms with Crippen LogP contribution < -0.4 is 10.6 Å². The first-order chi connectivity index (χ1) is 16.0. The largest absolute Gasteiger partial charge is 0.336 e. The van der Waals surface area contributed by atoms with E-state index in [0.29, 0.717) is 6.17 Å². The maximum Gasteiger partial charge on any atom is 0.336 e. The Bertz CT molecular complexity index is 1330. The molecular weight excluding hydrogens is 591 g/mol. The number of alkyl halides is 2. The minimum atomic E-state index is -3.79. The summed E-state index contributed by atoms with van der Waals surface area (Å²) < 4.78 is 68.6. The number of anilines is 2. The summed E-state index contributed by atoms with van der Waals surface area (Å²) in [6.07, 6.45) is 0.659. The Morgan fingerprint density at radius 1 is 0.853 bits per heavy atom. The Morgan fingerprint density at radius 3 is 2.06 bits per heavy atom. The van der Waals surface area contributed by atoms with Crippen LogP contribution >= 0.6 is 31.9 Å². The van der Waals surface area contributed by atoms with Crippen molar-refractivity contribution < 1.29 is 31.5 Å². The van der Waals surface area contributed by atoms with Gasteiger partial charge in [-0.15, -0.1) is 4.39 Å².